The maximum atomic E-state index is 11.8. The largest absolute Gasteiger partial charge is 0.378 e. The van der Waals surface area contributed by atoms with Gasteiger partial charge in [0.25, 0.3) is 5.91 Å². The van der Waals surface area contributed by atoms with Crippen molar-refractivity contribution in [1.29, 1.82) is 0 Å². The Morgan fingerprint density at radius 2 is 2.00 bits per heavy atom. The quantitative estimate of drug-likeness (QED) is 0.643. The van der Waals surface area contributed by atoms with Gasteiger partial charge < -0.3 is 5.11 Å². The van der Waals surface area contributed by atoms with Gasteiger partial charge >= 0.3 is 0 Å². The molecule has 0 aromatic heterocycles. The average Bonchev–Trinajstić information content (AvgIpc) is 2.47. The molecule has 0 aliphatic carbocycles. The highest BCUT2D eigenvalue weighted by Crippen LogP contribution is 2.16. The third-order valence-electron chi connectivity index (χ3n) is 2.67. The summed E-state index contributed by atoms with van der Waals surface area (Å²) in [7, 11) is 0. The fourth-order valence-corrected chi connectivity index (χ4v) is 2.08. The summed E-state index contributed by atoms with van der Waals surface area (Å²) in [6.07, 6.45) is 0.188. The van der Waals surface area contributed by atoms with Crippen molar-refractivity contribution in [3.8, 4) is 0 Å². The molecule has 0 aliphatic heterocycles. The third-order valence-corrected chi connectivity index (χ3v) is 3.43. The molecule has 0 aliphatic rings. The number of nitrogens with zero attached hydrogens (tertiary/aromatic N) is 1. The third kappa shape index (κ3) is 4.67. The molecule has 2 aromatic carbocycles. The van der Waals surface area contributed by atoms with Crippen LogP contribution < -0.4 is 5.43 Å². The van der Waals surface area contributed by atoms with E-state index in [0.29, 0.717) is 10.6 Å². The highest BCUT2D eigenvalue weighted by atomic mass is 79.9. The summed E-state index contributed by atoms with van der Waals surface area (Å²) in [5, 5.41) is 14.3. The molecule has 0 bridgehead atoms. The van der Waals surface area contributed by atoms with Gasteiger partial charge in [-0.2, -0.15) is 5.10 Å². The zero-order valence-electron chi connectivity index (χ0n) is 10.8. The van der Waals surface area contributed by atoms with Crippen LogP contribution in [0.1, 0.15) is 17.2 Å². The second-order valence-electron chi connectivity index (χ2n) is 4.24. The van der Waals surface area contributed by atoms with Crippen molar-refractivity contribution >= 4 is 39.7 Å². The average molecular weight is 368 g/mol. The molecule has 0 radical (unpaired) electrons. The molecule has 4 nitrogen and oxygen atoms in total. The number of nitrogens with one attached hydrogen (secondary N) is 1. The molecular formula is C15H12BrClN2O2. The number of amides is 1. The number of hydrogen-bond donors (Lipinski definition) is 2. The van der Waals surface area contributed by atoms with Gasteiger partial charge in [0, 0.05) is 9.50 Å². The Hall–Kier alpha value is -1.69. The van der Waals surface area contributed by atoms with Crippen molar-refractivity contribution < 1.29 is 9.90 Å². The highest BCUT2D eigenvalue weighted by molar-refractivity contribution is 9.10. The number of hydrogen-bond acceptors (Lipinski definition) is 3. The normalized spacial score (nSPS) is 12.3. The van der Waals surface area contributed by atoms with Crippen LogP contribution in [0.25, 0.3) is 0 Å². The monoisotopic (exact) mass is 366 g/mol. The molecule has 1 unspecified atom stereocenters. The van der Waals surface area contributed by atoms with Gasteiger partial charge in [-0.1, -0.05) is 51.8 Å². The lowest BCUT2D eigenvalue weighted by atomic mass is 10.1. The molecule has 6 heteroatoms. The maximum Gasteiger partial charge on any atom is 0.273 e. The number of benzene rings is 2. The smallest absolute Gasteiger partial charge is 0.273 e. The van der Waals surface area contributed by atoms with Crippen LogP contribution in [0.15, 0.2) is 58.1 Å². The summed E-state index contributed by atoms with van der Waals surface area (Å²) in [5.41, 5.74) is 3.53. The van der Waals surface area contributed by atoms with Gasteiger partial charge in [0.2, 0.25) is 0 Å². The van der Waals surface area contributed by atoms with Gasteiger partial charge in [-0.3, -0.25) is 4.79 Å². The van der Waals surface area contributed by atoms with Crippen LogP contribution in [0, 0.1) is 0 Å². The Bertz CT molecular complexity index is 659. The predicted molar refractivity (Wildman–Crippen MR) is 86.3 cm³/mol. The number of halogens is 2. The van der Waals surface area contributed by atoms with Crippen LogP contribution in [0.4, 0.5) is 0 Å². The molecular weight excluding hydrogens is 356 g/mol. The Balaban J connectivity index is 1.96. The van der Waals surface area contributed by atoms with Gasteiger partial charge in [0.15, 0.2) is 6.10 Å². The number of aliphatic hydroxyl groups is 1. The molecule has 0 spiro atoms. The minimum atomic E-state index is -1.27. The Morgan fingerprint density at radius 3 is 2.67 bits per heavy atom. The van der Waals surface area contributed by atoms with E-state index in [1.807, 2.05) is 0 Å². The van der Waals surface area contributed by atoms with Gasteiger partial charge in [-0.25, -0.2) is 5.43 Å². The summed E-state index contributed by atoms with van der Waals surface area (Å²) >= 11 is 9.13. The summed E-state index contributed by atoms with van der Waals surface area (Å²) in [4.78, 5) is 11.8. The fraction of sp³-hybridized carbons (Fsp3) is 0.0667. The number of hydrazone groups is 1. The van der Waals surface area contributed by atoms with Gasteiger partial charge in [0.05, 0.1) is 6.21 Å². The second kappa shape index (κ2) is 7.36. The summed E-state index contributed by atoms with van der Waals surface area (Å²) in [5.74, 6) is -0.601. The van der Waals surface area contributed by atoms with Crippen molar-refractivity contribution in [2.75, 3.05) is 0 Å². The molecule has 0 fully saturated rings. The van der Waals surface area contributed by atoms with Gasteiger partial charge in [0.1, 0.15) is 0 Å². The standard InChI is InChI=1S/C15H12BrClN2O2/c16-12-6-4-11(5-7-12)14(20)15(21)19-18-9-10-2-1-3-13(17)8-10/h1-9,14,20H,(H,19,21)/b18-9+. The van der Waals surface area contributed by atoms with Gasteiger partial charge in [-0.05, 0) is 35.4 Å². The molecule has 2 rings (SSSR count). The van der Waals surface area contributed by atoms with Gasteiger partial charge in [-0.15, -0.1) is 0 Å². The summed E-state index contributed by atoms with van der Waals surface area (Å²) < 4.78 is 0.873. The topological polar surface area (TPSA) is 61.7 Å². The van der Waals surface area contributed by atoms with Crippen molar-refractivity contribution in [2.45, 2.75) is 6.10 Å². The molecule has 1 amide bonds. The number of carbonyl (C=O) groups excluding carboxylic acids is 1. The van der Waals surface area contributed by atoms with E-state index in [4.69, 9.17) is 11.6 Å². The first-order valence-electron chi connectivity index (χ1n) is 6.08. The second-order valence-corrected chi connectivity index (χ2v) is 5.60. The Labute approximate surface area is 135 Å². The molecule has 2 N–H and O–H groups in total. The Kier molecular flexibility index (Phi) is 5.50. The fourth-order valence-electron chi connectivity index (χ4n) is 1.61. The molecule has 1 atom stereocenters. The molecule has 108 valence electrons. The van der Waals surface area contributed by atoms with Crippen LogP contribution in [-0.2, 0) is 4.79 Å². The van der Waals surface area contributed by atoms with E-state index in [-0.39, 0.29) is 0 Å². The minimum absolute atomic E-state index is 0.494. The zero-order chi connectivity index (χ0) is 15.2. The van der Waals surface area contributed by atoms with E-state index >= 15 is 0 Å². The van der Waals surface area contributed by atoms with Crippen LogP contribution in [0.2, 0.25) is 5.02 Å². The summed E-state index contributed by atoms with van der Waals surface area (Å²) in [6.45, 7) is 0. The molecule has 0 heterocycles. The van der Waals surface area contributed by atoms with E-state index in [1.165, 1.54) is 6.21 Å². The molecule has 2 aromatic rings. The van der Waals surface area contributed by atoms with Crippen LogP contribution in [0.3, 0.4) is 0 Å². The predicted octanol–water partition coefficient (Wildman–Crippen LogP) is 3.29. The lowest BCUT2D eigenvalue weighted by molar-refractivity contribution is -0.129. The number of aliphatic hydroxyl groups excluding tert-OH is 1. The van der Waals surface area contributed by atoms with E-state index in [1.54, 1.807) is 48.5 Å². The van der Waals surface area contributed by atoms with E-state index < -0.39 is 12.0 Å². The SMILES string of the molecule is O=C(N/N=C/c1cccc(Cl)c1)C(O)c1ccc(Br)cc1. The Morgan fingerprint density at radius 1 is 1.29 bits per heavy atom. The number of carbonyl (C=O) groups is 1. The van der Waals surface area contributed by atoms with E-state index in [0.717, 1.165) is 10.0 Å². The lowest BCUT2D eigenvalue weighted by Gasteiger charge is -2.08. The van der Waals surface area contributed by atoms with Crippen molar-refractivity contribution in [1.82, 2.24) is 5.43 Å². The van der Waals surface area contributed by atoms with Crippen LogP contribution >= 0.6 is 27.5 Å². The van der Waals surface area contributed by atoms with Crippen molar-refractivity contribution in [2.24, 2.45) is 5.10 Å². The number of rotatable bonds is 4. The lowest BCUT2D eigenvalue weighted by Crippen LogP contribution is -2.25. The first-order valence-corrected chi connectivity index (χ1v) is 7.25. The van der Waals surface area contributed by atoms with E-state index in [9.17, 15) is 9.90 Å². The molecule has 0 saturated heterocycles. The van der Waals surface area contributed by atoms with Crippen molar-refractivity contribution in [3.63, 3.8) is 0 Å². The van der Waals surface area contributed by atoms with E-state index in [2.05, 4.69) is 26.5 Å². The molecule has 21 heavy (non-hydrogen) atoms. The van der Waals surface area contributed by atoms with Crippen LogP contribution in [-0.4, -0.2) is 17.2 Å². The van der Waals surface area contributed by atoms with Crippen LogP contribution in [0.5, 0.6) is 0 Å². The first-order chi connectivity index (χ1) is 10.1. The zero-order valence-corrected chi connectivity index (χ0v) is 13.2. The summed E-state index contributed by atoms with van der Waals surface area (Å²) in [6, 6.07) is 13.9. The van der Waals surface area contributed by atoms with Crippen molar-refractivity contribution in [3.05, 3.63) is 69.2 Å². The first kappa shape index (κ1) is 15.7. The highest BCUT2D eigenvalue weighted by Gasteiger charge is 2.16. The minimum Gasteiger partial charge on any atom is -0.378 e. The molecule has 0 saturated carbocycles. The maximum absolute atomic E-state index is 11.8.